The van der Waals surface area contributed by atoms with Gasteiger partial charge < -0.3 is 10.1 Å². The SMILES string of the molecule is COc1cc(Cl)ccc1-n1c(C)nc2c(NC(C3CC3)C3CC3)nc(C)nc21. The largest absolute Gasteiger partial charge is 0.495 e. The van der Waals surface area contributed by atoms with Crippen molar-refractivity contribution in [3.63, 3.8) is 0 Å². The summed E-state index contributed by atoms with van der Waals surface area (Å²) in [6.07, 6.45) is 5.27. The molecule has 7 heteroatoms. The number of rotatable bonds is 6. The molecule has 146 valence electrons. The number of methoxy groups -OCH3 is 1. The summed E-state index contributed by atoms with van der Waals surface area (Å²) in [4.78, 5) is 14.3. The zero-order valence-electron chi connectivity index (χ0n) is 16.4. The van der Waals surface area contributed by atoms with E-state index in [4.69, 9.17) is 31.3 Å². The van der Waals surface area contributed by atoms with Crippen molar-refractivity contribution in [3.05, 3.63) is 34.9 Å². The number of aromatic nitrogens is 4. The van der Waals surface area contributed by atoms with Crippen LogP contribution in [0.15, 0.2) is 18.2 Å². The van der Waals surface area contributed by atoms with Crippen molar-refractivity contribution >= 4 is 28.6 Å². The van der Waals surface area contributed by atoms with E-state index in [0.29, 0.717) is 16.8 Å². The Morgan fingerprint density at radius 3 is 2.46 bits per heavy atom. The maximum Gasteiger partial charge on any atom is 0.170 e. The number of benzene rings is 1. The third-order valence-corrected chi connectivity index (χ3v) is 5.97. The molecule has 2 aliphatic rings. The van der Waals surface area contributed by atoms with E-state index in [1.165, 1.54) is 25.7 Å². The maximum atomic E-state index is 6.15. The van der Waals surface area contributed by atoms with E-state index in [-0.39, 0.29) is 0 Å². The molecule has 2 saturated carbocycles. The lowest BCUT2D eigenvalue weighted by Gasteiger charge is -2.19. The fourth-order valence-electron chi connectivity index (χ4n) is 4.09. The summed E-state index contributed by atoms with van der Waals surface area (Å²) < 4.78 is 7.59. The van der Waals surface area contributed by atoms with Gasteiger partial charge in [0.25, 0.3) is 0 Å². The van der Waals surface area contributed by atoms with Gasteiger partial charge in [-0.05, 0) is 63.5 Å². The molecule has 2 fully saturated rings. The van der Waals surface area contributed by atoms with Crippen LogP contribution in [-0.4, -0.2) is 32.7 Å². The highest BCUT2D eigenvalue weighted by Crippen LogP contribution is 2.46. The van der Waals surface area contributed by atoms with E-state index >= 15 is 0 Å². The molecule has 0 aliphatic heterocycles. The van der Waals surface area contributed by atoms with Crippen LogP contribution in [0.3, 0.4) is 0 Å². The Morgan fingerprint density at radius 1 is 1.11 bits per heavy atom. The zero-order valence-corrected chi connectivity index (χ0v) is 17.1. The van der Waals surface area contributed by atoms with Gasteiger partial charge in [0.2, 0.25) is 0 Å². The summed E-state index contributed by atoms with van der Waals surface area (Å²) in [5.74, 6) is 4.66. The molecule has 6 nitrogen and oxygen atoms in total. The van der Waals surface area contributed by atoms with E-state index < -0.39 is 0 Å². The minimum atomic E-state index is 0.507. The lowest BCUT2D eigenvalue weighted by molar-refractivity contribution is 0.413. The van der Waals surface area contributed by atoms with E-state index in [1.807, 2.05) is 36.6 Å². The minimum Gasteiger partial charge on any atom is -0.495 e. The molecule has 5 rings (SSSR count). The van der Waals surface area contributed by atoms with Gasteiger partial charge >= 0.3 is 0 Å². The fraction of sp³-hybridized carbons (Fsp3) is 0.476. The van der Waals surface area contributed by atoms with Crippen molar-refractivity contribution in [1.29, 1.82) is 0 Å². The maximum absolute atomic E-state index is 6.15. The highest BCUT2D eigenvalue weighted by Gasteiger charge is 2.42. The number of nitrogens with zero attached hydrogens (tertiary/aromatic N) is 4. The van der Waals surface area contributed by atoms with Crippen LogP contribution in [0.25, 0.3) is 16.9 Å². The van der Waals surface area contributed by atoms with Gasteiger partial charge in [0.05, 0.1) is 12.8 Å². The first-order valence-corrected chi connectivity index (χ1v) is 10.3. The highest BCUT2D eigenvalue weighted by atomic mass is 35.5. The molecule has 28 heavy (non-hydrogen) atoms. The summed E-state index contributed by atoms with van der Waals surface area (Å²) in [6, 6.07) is 6.12. The number of ether oxygens (including phenoxy) is 1. The van der Waals surface area contributed by atoms with Crippen LogP contribution < -0.4 is 10.1 Å². The normalized spacial score (nSPS) is 16.8. The van der Waals surface area contributed by atoms with Crippen LogP contribution in [0, 0.1) is 25.7 Å². The number of fused-ring (bicyclic) bond motifs is 1. The van der Waals surface area contributed by atoms with Crippen molar-refractivity contribution in [2.45, 2.75) is 45.6 Å². The van der Waals surface area contributed by atoms with Gasteiger partial charge in [-0.1, -0.05) is 11.6 Å². The lowest BCUT2D eigenvalue weighted by atomic mass is 10.1. The number of imidazole rings is 1. The second kappa shape index (κ2) is 6.62. The van der Waals surface area contributed by atoms with Crippen molar-refractivity contribution in [3.8, 4) is 11.4 Å². The molecular weight excluding hydrogens is 374 g/mol. The second-order valence-electron chi connectivity index (χ2n) is 7.95. The summed E-state index contributed by atoms with van der Waals surface area (Å²) in [7, 11) is 1.65. The molecule has 3 aromatic rings. The van der Waals surface area contributed by atoms with Gasteiger partial charge in [0.15, 0.2) is 17.0 Å². The average molecular weight is 398 g/mol. The summed E-state index contributed by atoms with van der Waals surface area (Å²) in [5, 5.41) is 4.37. The predicted octanol–water partition coefficient (Wildman–Crippen LogP) is 4.69. The van der Waals surface area contributed by atoms with Gasteiger partial charge in [-0.25, -0.2) is 15.0 Å². The smallest absolute Gasteiger partial charge is 0.170 e. The predicted molar refractivity (Wildman–Crippen MR) is 111 cm³/mol. The monoisotopic (exact) mass is 397 g/mol. The summed E-state index contributed by atoms with van der Waals surface area (Å²) >= 11 is 6.15. The Hall–Kier alpha value is -2.34. The highest BCUT2D eigenvalue weighted by molar-refractivity contribution is 6.30. The molecule has 1 aromatic carbocycles. The molecule has 2 aromatic heterocycles. The summed E-state index contributed by atoms with van der Waals surface area (Å²) in [5.41, 5.74) is 2.47. The summed E-state index contributed by atoms with van der Waals surface area (Å²) in [6.45, 7) is 3.91. The molecule has 2 aliphatic carbocycles. The van der Waals surface area contributed by atoms with Crippen molar-refractivity contribution in [2.75, 3.05) is 12.4 Å². The average Bonchev–Trinajstić information content (AvgIpc) is 3.58. The first-order chi connectivity index (χ1) is 13.5. The number of halogens is 1. The number of anilines is 1. The molecule has 0 bridgehead atoms. The quantitative estimate of drug-likeness (QED) is 0.653. The lowest BCUT2D eigenvalue weighted by Crippen LogP contribution is -2.25. The molecule has 1 N–H and O–H groups in total. The molecule has 0 atom stereocenters. The van der Waals surface area contributed by atoms with Gasteiger partial charge in [-0.2, -0.15) is 0 Å². The van der Waals surface area contributed by atoms with Crippen LogP contribution >= 0.6 is 11.6 Å². The van der Waals surface area contributed by atoms with Crippen LogP contribution in [0.5, 0.6) is 5.75 Å². The molecule has 0 saturated heterocycles. The van der Waals surface area contributed by atoms with Crippen LogP contribution in [-0.2, 0) is 0 Å². The van der Waals surface area contributed by atoms with E-state index in [9.17, 15) is 0 Å². The van der Waals surface area contributed by atoms with Crippen molar-refractivity contribution < 1.29 is 4.74 Å². The Morgan fingerprint density at radius 2 is 1.82 bits per heavy atom. The zero-order chi connectivity index (χ0) is 19.4. The van der Waals surface area contributed by atoms with Crippen molar-refractivity contribution in [2.24, 2.45) is 11.8 Å². The van der Waals surface area contributed by atoms with Gasteiger partial charge in [-0.3, -0.25) is 4.57 Å². The fourth-order valence-corrected chi connectivity index (χ4v) is 4.25. The van der Waals surface area contributed by atoms with E-state index in [2.05, 4.69) is 5.32 Å². The topological polar surface area (TPSA) is 64.9 Å². The van der Waals surface area contributed by atoms with E-state index in [0.717, 1.165) is 46.2 Å². The minimum absolute atomic E-state index is 0.507. The Balaban J connectivity index is 1.64. The standard InChI is InChI=1S/C21H24ClN5O/c1-11-23-20(26-18(13-4-5-13)14-6-7-14)19-21(24-11)27(12(2)25-19)16-9-8-15(22)10-17(16)28-3/h8-10,13-14,18H,4-7H2,1-3H3,(H,23,24,26). The van der Waals surface area contributed by atoms with Crippen LogP contribution in [0.1, 0.15) is 37.3 Å². The second-order valence-corrected chi connectivity index (χ2v) is 8.38. The van der Waals surface area contributed by atoms with Crippen LogP contribution in [0.2, 0.25) is 5.02 Å². The first kappa shape index (κ1) is 17.7. The molecular formula is C21H24ClN5O. The van der Waals surface area contributed by atoms with E-state index in [1.54, 1.807) is 7.11 Å². The molecule has 0 radical (unpaired) electrons. The molecule has 0 spiro atoms. The number of hydrogen-bond acceptors (Lipinski definition) is 5. The first-order valence-electron chi connectivity index (χ1n) is 9.89. The van der Waals surface area contributed by atoms with Gasteiger partial charge in [0, 0.05) is 17.1 Å². The Kier molecular flexibility index (Phi) is 4.19. The number of hydrogen-bond donors (Lipinski definition) is 1. The van der Waals surface area contributed by atoms with Gasteiger partial charge in [-0.15, -0.1) is 0 Å². The molecule has 0 unspecified atom stereocenters. The Bertz CT molecular complexity index is 1040. The molecule has 2 heterocycles. The third kappa shape index (κ3) is 3.09. The Labute approximate surface area is 169 Å². The van der Waals surface area contributed by atoms with Crippen molar-refractivity contribution in [1.82, 2.24) is 19.5 Å². The third-order valence-electron chi connectivity index (χ3n) is 5.73. The number of nitrogens with one attached hydrogen (secondary N) is 1. The van der Waals surface area contributed by atoms with Gasteiger partial charge in [0.1, 0.15) is 17.4 Å². The van der Waals surface area contributed by atoms with Crippen LogP contribution in [0.4, 0.5) is 5.82 Å². The molecule has 0 amide bonds. The number of aryl methyl sites for hydroxylation is 2.